The highest BCUT2D eigenvalue weighted by atomic mass is 16.5. The van der Waals surface area contributed by atoms with Gasteiger partial charge < -0.3 is 19.1 Å². The Morgan fingerprint density at radius 1 is 1.23 bits per heavy atom. The highest BCUT2D eigenvalue weighted by Gasteiger charge is 2.48. The van der Waals surface area contributed by atoms with Crippen molar-refractivity contribution in [2.75, 3.05) is 26.2 Å². The van der Waals surface area contributed by atoms with Crippen molar-refractivity contribution in [2.24, 2.45) is 0 Å². The van der Waals surface area contributed by atoms with E-state index in [1.165, 1.54) is 0 Å². The summed E-state index contributed by atoms with van der Waals surface area (Å²) in [5, 5.41) is 0. The third-order valence-corrected chi connectivity index (χ3v) is 6.17. The van der Waals surface area contributed by atoms with Crippen LogP contribution in [0.3, 0.4) is 0 Å². The summed E-state index contributed by atoms with van der Waals surface area (Å²) in [6.07, 6.45) is 4.34. The van der Waals surface area contributed by atoms with Gasteiger partial charge in [-0.25, -0.2) is 9.97 Å². The molecular weight excluding hydrogens is 382 g/mol. The number of ether oxygens (including phenoxy) is 1. The number of rotatable bonds is 4. The van der Waals surface area contributed by atoms with E-state index in [2.05, 4.69) is 9.97 Å². The van der Waals surface area contributed by atoms with Crippen molar-refractivity contribution in [1.29, 1.82) is 0 Å². The second-order valence-electron chi connectivity index (χ2n) is 7.97. The molecule has 160 valence electrons. The molecule has 1 fully saturated rings. The molecule has 0 bridgehead atoms. The van der Waals surface area contributed by atoms with E-state index < -0.39 is 11.7 Å². The first-order chi connectivity index (χ1) is 14.5. The van der Waals surface area contributed by atoms with Crippen LogP contribution in [0, 0.1) is 6.92 Å². The molecule has 1 saturated heterocycles. The van der Waals surface area contributed by atoms with Crippen molar-refractivity contribution in [3.8, 4) is 0 Å². The van der Waals surface area contributed by atoms with Gasteiger partial charge in [0, 0.05) is 57.1 Å². The summed E-state index contributed by atoms with van der Waals surface area (Å²) in [4.78, 5) is 38.4. The van der Waals surface area contributed by atoms with Gasteiger partial charge in [-0.15, -0.1) is 0 Å². The first kappa shape index (κ1) is 20.5. The maximum atomic E-state index is 13.0. The van der Waals surface area contributed by atoms with E-state index in [-0.39, 0.29) is 11.8 Å². The van der Waals surface area contributed by atoms with Gasteiger partial charge in [-0.1, -0.05) is 6.07 Å². The van der Waals surface area contributed by atoms with Crippen LogP contribution in [0.15, 0.2) is 30.6 Å². The lowest BCUT2D eigenvalue weighted by Crippen LogP contribution is -2.55. The first-order valence-corrected chi connectivity index (χ1v) is 10.7. The van der Waals surface area contributed by atoms with Crippen LogP contribution in [0.1, 0.15) is 48.7 Å². The van der Waals surface area contributed by atoms with E-state index in [4.69, 9.17) is 4.74 Å². The van der Waals surface area contributed by atoms with Crippen LogP contribution >= 0.6 is 0 Å². The molecule has 1 unspecified atom stereocenters. The van der Waals surface area contributed by atoms with Crippen molar-refractivity contribution in [3.63, 3.8) is 0 Å². The average Bonchev–Trinajstić information content (AvgIpc) is 3.24. The fraction of sp³-hybridized carbons (Fsp3) is 0.545. The molecule has 0 N–H and O–H groups in total. The second kappa shape index (κ2) is 8.18. The van der Waals surface area contributed by atoms with Gasteiger partial charge in [0.15, 0.2) is 6.10 Å². The molecular formula is C22H29N5O3. The Hall–Kier alpha value is -2.74. The maximum Gasteiger partial charge on any atom is 0.272 e. The van der Waals surface area contributed by atoms with Crippen molar-refractivity contribution >= 4 is 11.8 Å². The number of piperidine rings is 1. The fourth-order valence-electron chi connectivity index (χ4n) is 4.50. The SMILES string of the molecule is CCN(CC)C(=O)C1Cn2ccnc2C2(CCN(C(=O)c3cccc(C)n3)CC2)O1. The number of amides is 2. The Morgan fingerprint density at radius 2 is 1.97 bits per heavy atom. The number of fused-ring (bicyclic) bond motifs is 2. The van der Waals surface area contributed by atoms with Crippen LogP contribution < -0.4 is 0 Å². The summed E-state index contributed by atoms with van der Waals surface area (Å²) in [5.41, 5.74) is 0.641. The lowest BCUT2D eigenvalue weighted by molar-refractivity contribution is -0.179. The molecule has 2 aromatic heterocycles. The van der Waals surface area contributed by atoms with Crippen molar-refractivity contribution in [2.45, 2.75) is 51.9 Å². The van der Waals surface area contributed by atoms with Crippen LogP contribution in [-0.4, -0.2) is 68.4 Å². The molecule has 8 nitrogen and oxygen atoms in total. The van der Waals surface area contributed by atoms with Crippen LogP contribution in [0.2, 0.25) is 0 Å². The monoisotopic (exact) mass is 411 g/mol. The molecule has 4 heterocycles. The number of carbonyl (C=O) groups excluding carboxylic acids is 2. The molecule has 2 aliphatic heterocycles. The molecule has 1 spiro atoms. The summed E-state index contributed by atoms with van der Waals surface area (Å²) in [6, 6.07) is 5.48. The van der Waals surface area contributed by atoms with Gasteiger partial charge in [-0.2, -0.15) is 0 Å². The van der Waals surface area contributed by atoms with Crippen molar-refractivity contribution in [1.82, 2.24) is 24.3 Å². The van der Waals surface area contributed by atoms with Crippen molar-refractivity contribution < 1.29 is 14.3 Å². The van der Waals surface area contributed by atoms with Crippen molar-refractivity contribution in [3.05, 3.63) is 47.8 Å². The van der Waals surface area contributed by atoms with E-state index in [1.54, 1.807) is 12.3 Å². The molecule has 2 amide bonds. The zero-order valence-electron chi connectivity index (χ0n) is 17.9. The van der Waals surface area contributed by atoms with Gasteiger partial charge in [0.2, 0.25) is 0 Å². The van der Waals surface area contributed by atoms with E-state index >= 15 is 0 Å². The Balaban J connectivity index is 1.53. The van der Waals surface area contributed by atoms with Crippen LogP contribution in [-0.2, 0) is 21.7 Å². The number of likely N-dealkylation sites (N-methyl/N-ethyl adjacent to an activating group) is 1. The molecule has 30 heavy (non-hydrogen) atoms. The lowest BCUT2D eigenvalue weighted by atomic mass is 9.88. The number of carbonyl (C=O) groups is 2. The number of hydrogen-bond acceptors (Lipinski definition) is 5. The summed E-state index contributed by atoms with van der Waals surface area (Å²) in [7, 11) is 0. The quantitative estimate of drug-likeness (QED) is 0.769. The van der Waals surface area contributed by atoms with Gasteiger partial charge in [-0.05, 0) is 32.9 Å². The minimum atomic E-state index is -0.647. The third-order valence-electron chi connectivity index (χ3n) is 6.17. The molecule has 2 aromatic rings. The normalized spacial score (nSPS) is 20.1. The first-order valence-electron chi connectivity index (χ1n) is 10.7. The van der Waals surface area contributed by atoms with Gasteiger partial charge in [0.1, 0.15) is 17.1 Å². The zero-order valence-corrected chi connectivity index (χ0v) is 17.9. The average molecular weight is 412 g/mol. The molecule has 0 aromatic carbocycles. The summed E-state index contributed by atoms with van der Waals surface area (Å²) in [5.74, 6) is 0.802. The standard InChI is InChI=1S/C22H29N5O3/c1-4-25(5-2)20(29)18-15-27-14-11-23-21(27)22(30-18)9-12-26(13-10-22)19(28)17-8-6-7-16(3)24-17/h6-8,11,14,18H,4-5,9-10,12-13,15H2,1-3H3. The number of likely N-dealkylation sites (tertiary alicyclic amines) is 1. The zero-order chi connectivity index (χ0) is 21.3. The molecule has 0 saturated carbocycles. The van der Waals surface area contributed by atoms with Crippen LogP contribution in [0.4, 0.5) is 0 Å². The molecule has 4 rings (SSSR count). The number of nitrogens with zero attached hydrogens (tertiary/aromatic N) is 5. The van der Waals surface area contributed by atoms with Crippen LogP contribution in [0.5, 0.6) is 0 Å². The van der Waals surface area contributed by atoms with Gasteiger partial charge in [0.05, 0.1) is 6.54 Å². The Bertz CT molecular complexity index is 928. The Kier molecular flexibility index (Phi) is 5.60. The van der Waals surface area contributed by atoms with E-state index in [0.717, 1.165) is 11.5 Å². The Labute approximate surface area is 176 Å². The van der Waals surface area contributed by atoms with E-state index in [9.17, 15) is 9.59 Å². The number of imidazole rings is 1. The second-order valence-corrected chi connectivity index (χ2v) is 7.97. The number of aromatic nitrogens is 3. The smallest absolute Gasteiger partial charge is 0.272 e. The Morgan fingerprint density at radius 3 is 2.63 bits per heavy atom. The van der Waals surface area contributed by atoms with E-state index in [1.807, 2.05) is 53.5 Å². The van der Waals surface area contributed by atoms with Gasteiger partial charge in [-0.3, -0.25) is 9.59 Å². The molecule has 2 aliphatic rings. The third kappa shape index (κ3) is 3.60. The highest BCUT2D eigenvalue weighted by molar-refractivity contribution is 5.92. The minimum Gasteiger partial charge on any atom is -0.352 e. The minimum absolute atomic E-state index is 0.0150. The molecule has 0 radical (unpaired) electrons. The topological polar surface area (TPSA) is 80.6 Å². The predicted octanol–water partition coefficient (Wildman–Crippen LogP) is 1.99. The van der Waals surface area contributed by atoms with E-state index in [0.29, 0.717) is 51.3 Å². The molecule has 1 atom stereocenters. The fourth-order valence-corrected chi connectivity index (χ4v) is 4.50. The molecule has 8 heteroatoms. The van der Waals surface area contributed by atoms with Crippen LogP contribution in [0.25, 0.3) is 0 Å². The largest absolute Gasteiger partial charge is 0.352 e. The highest BCUT2D eigenvalue weighted by Crippen LogP contribution is 2.40. The van der Waals surface area contributed by atoms with Gasteiger partial charge >= 0.3 is 0 Å². The maximum absolute atomic E-state index is 13.0. The summed E-state index contributed by atoms with van der Waals surface area (Å²) >= 11 is 0. The lowest BCUT2D eigenvalue weighted by Gasteiger charge is -2.46. The number of hydrogen-bond donors (Lipinski definition) is 0. The molecule has 0 aliphatic carbocycles. The predicted molar refractivity (Wildman–Crippen MR) is 111 cm³/mol. The summed E-state index contributed by atoms with van der Waals surface area (Å²) in [6.45, 7) is 8.70. The number of pyridine rings is 1. The summed E-state index contributed by atoms with van der Waals surface area (Å²) < 4.78 is 8.51. The van der Waals surface area contributed by atoms with Gasteiger partial charge in [0.25, 0.3) is 11.8 Å². The number of aryl methyl sites for hydroxylation is 1.